The second-order valence-corrected chi connectivity index (χ2v) is 9.23. The monoisotopic (exact) mass is 483 g/mol. The van der Waals surface area contributed by atoms with Gasteiger partial charge in [-0.2, -0.15) is 13.2 Å². The second kappa shape index (κ2) is 9.37. The van der Waals surface area contributed by atoms with Crippen LogP contribution in [-0.2, 0) is 17.5 Å². The van der Waals surface area contributed by atoms with E-state index < -0.39 is 11.7 Å². The van der Waals surface area contributed by atoms with Gasteiger partial charge in [-0.05, 0) is 68.2 Å². The largest absolute Gasteiger partial charge is 0.416 e. The van der Waals surface area contributed by atoms with Crippen LogP contribution in [-0.4, -0.2) is 38.8 Å². The average Bonchev–Trinajstić information content (AvgIpc) is 3.46. The number of aromatic nitrogens is 3. The summed E-state index contributed by atoms with van der Waals surface area (Å²) in [7, 11) is 0. The molecule has 1 aliphatic rings. The van der Waals surface area contributed by atoms with Crippen molar-refractivity contribution in [2.75, 3.05) is 13.1 Å². The molecule has 2 aromatic carbocycles. The summed E-state index contributed by atoms with van der Waals surface area (Å²) in [6, 6.07) is 11.4. The molecule has 0 bridgehead atoms. The number of nitrogens with zero attached hydrogens (tertiary/aromatic N) is 2. The number of fused-ring (bicyclic) bond motifs is 2. The van der Waals surface area contributed by atoms with E-state index in [4.69, 9.17) is 0 Å². The molecule has 35 heavy (non-hydrogen) atoms. The molecule has 1 aliphatic heterocycles. The van der Waals surface area contributed by atoms with Gasteiger partial charge in [0.1, 0.15) is 5.82 Å². The summed E-state index contributed by atoms with van der Waals surface area (Å²) >= 11 is 0. The number of benzene rings is 2. The molecule has 0 spiro atoms. The maximum absolute atomic E-state index is 13.1. The van der Waals surface area contributed by atoms with Crippen molar-refractivity contribution in [3.05, 3.63) is 65.6 Å². The molecule has 6 nitrogen and oxygen atoms in total. The molecule has 9 heteroatoms. The fourth-order valence-corrected chi connectivity index (χ4v) is 4.87. The molecule has 1 unspecified atom stereocenters. The zero-order valence-corrected chi connectivity index (χ0v) is 19.5. The predicted octanol–water partition coefficient (Wildman–Crippen LogP) is 5.54. The molecule has 0 aliphatic carbocycles. The Morgan fingerprint density at radius 3 is 2.66 bits per heavy atom. The summed E-state index contributed by atoms with van der Waals surface area (Å²) in [4.78, 5) is 26.2. The van der Waals surface area contributed by atoms with E-state index in [1.807, 2.05) is 31.2 Å². The number of H-pyrrole nitrogens is 2. The van der Waals surface area contributed by atoms with Crippen LogP contribution < -0.4 is 5.32 Å². The van der Waals surface area contributed by atoms with Crippen LogP contribution in [0.4, 0.5) is 13.2 Å². The smallest absolute Gasteiger partial charge is 0.361 e. The zero-order chi connectivity index (χ0) is 24.6. The number of hydrogen-bond acceptors (Lipinski definition) is 3. The number of alkyl halides is 3. The van der Waals surface area contributed by atoms with Crippen molar-refractivity contribution in [3.63, 3.8) is 0 Å². The zero-order valence-electron chi connectivity index (χ0n) is 19.5. The Morgan fingerprint density at radius 2 is 1.94 bits per heavy atom. The first-order chi connectivity index (χ1) is 16.8. The number of piperidine rings is 1. The highest BCUT2D eigenvalue weighted by Gasteiger charge is 2.31. The Bertz CT molecular complexity index is 1300. The minimum Gasteiger partial charge on any atom is -0.361 e. The van der Waals surface area contributed by atoms with Crippen molar-refractivity contribution >= 4 is 27.8 Å². The fourth-order valence-electron chi connectivity index (χ4n) is 4.87. The normalized spacial score (nSPS) is 16.7. The molecule has 1 atom stereocenters. The molecule has 1 fully saturated rings. The second-order valence-electron chi connectivity index (χ2n) is 9.23. The molecule has 5 rings (SSSR count). The van der Waals surface area contributed by atoms with E-state index >= 15 is 0 Å². The number of hydrogen-bond donors (Lipinski definition) is 3. The lowest BCUT2D eigenvalue weighted by Crippen LogP contribution is -2.41. The molecule has 1 saturated heterocycles. The standard InChI is InChI=1S/C26H28F3N5O/c1-2-20(24-31-22-5-3-4-6-23(22)32-24)33-25(35)16-9-11-34(12-10-16)15-17-14-30-21-8-7-18(13-19(17)21)26(27,28)29/h3-8,13-14,16,20,30H,2,9-12,15H2,1H3,(H,31,32)(H,33,35). The van der Waals surface area contributed by atoms with Crippen LogP contribution in [0.5, 0.6) is 0 Å². The number of carbonyl (C=O) groups is 1. The van der Waals surface area contributed by atoms with Crippen LogP contribution in [0.25, 0.3) is 21.9 Å². The van der Waals surface area contributed by atoms with Crippen LogP contribution >= 0.6 is 0 Å². The van der Waals surface area contributed by atoms with E-state index in [0.29, 0.717) is 43.4 Å². The van der Waals surface area contributed by atoms with Gasteiger partial charge in [0.2, 0.25) is 5.91 Å². The van der Waals surface area contributed by atoms with E-state index in [2.05, 4.69) is 25.2 Å². The minimum absolute atomic E-state index is 0.0267. The topological polar surface area (TPSA) is 76.8 Å². The summed E-state index contributed by atoms with van der Waals surface area (Å²) < 4.78 is 39.4. The van der Waals surface area contributed by atoms with Crippen LogP contribution in [0.2, 0.25) is 0 Å². The molecule has 1 amide bonds. The number of carbonyl (C=O) groups excluding carboxylic acids is 1. The molecular formula is C26H28F3N5O. The number of imidazole rings is 1. The van der Waals surface area contributed by atoms with Gasteiger partial charge in [0.15, 0.2) is 0 Å². The van der Waals surface area contributed by atoms with Gasteiger partial charge < -0.3 is 15.3 Å². The Balaban J connectivity index is 1.20. The quantitative estimate of drug-likeness (QED) is 0.337. The first-order valence-electron chi connectivity index (χ1n) is 12.0. The van der Waals surface area contributed by atoms with Gasteiger partial charge in [-0.15, -0.1) is 0 Å². The highest BCUT2D eigenvalue weighted by Crippen LogP contribution is 2.33. The minimum atomic E-state index is -4.37. The summed E-state index contributed by atoms with van der Waals surface area (Å²) in [5, 5.41) is 3.75. The number of para-hydroxylation sites is 2. The Labute approximate surface area is 200 Å². The third-order valence-corrected chi connectivity index (χ3v) is 6.91. The van der Waals surface area contributed by atoms with Crippen molar-refractivity contribution in [2.24, 2.45) is 5.92 Å². The third-order valence-electron chi connectivity index (χ3n) is 6.91. The Kier molecular flexibility index (Phi) is 6.27. The van der Waals surface area contributed by atoms with E-state index in [-0.39, 0.29) is 17.9 Å². The summed E-state index contributed by atoms with van der Waals surface area (Å²) in [6.45, 7) is 3.99. The average molecular weight is 484 g/mol. The van der Waals surface area contributed by atoms with Gasteiger partial charge in [-0.25, -0.2) is 4.98 Å². The van der Waals surface area contributed by atoms with Gasteiger partial charge in [0, 0.05) is 29.6 Å². The first kappa shape index (κ1) is 23.4. The number of rotatable bonds is 6. The third kappa shape index (κ3) is 4.91. The van der Waals surface area contributed by atoms with E-state index in [1.54, 1.807) is 6.20 Å². The molecular weight excluding hydrogens is 455 g/mol. The maximum Gasteiger partial charge on any atom is 0.416 e. The van der Waals surface area contributed by atoms with Gasteiger partial charge in [-0.1, -0.05) is 19.1 Å². The van der Waals surface area contributed by atoms with Crippen molar-refractivity contribution < 1.29 is 18.0 Å². The van der Waals surface area contributed by atoms with E-state index in [9.17, 15) is 18.0 Å². The molecule has 184 valence electrons. The van der Waals surface area contributed by atoms with Gasteiger partial charge in [-0.3, -0.25) is 9.69 Å². The molecule has 3 heterocycles. The van der Waals surface area contributed by atoms with Gasteiger partial charge in [0.05, 0.1) is 22.6 Å². The molecule has 0 saturated carbocycles. The van der Waals surface area contributed by atoms with Crippen molar-refractivity contribution in [3.8, 4) is 0 Å². The number of nitrogens with one attached hydrogen (secondary N) is 3. The van der Waals surface area contributed by atoms with Crippen molar-refractivity contribution in [1.29, 1.82) is 0 Å². The Morgan fingerprint density at radius 1 is 1.17 bits per heavy atom. The highest BCUT2D eigenvalue weighted by atomic mass is 19.4. The molecule has 0 radical (unpaired) electrons. The van der Waals surface area contributed by atoms with E-state index in [1.165, 1.54) is 12.1 Å². The lowest BCUT2D eigenvalue weighted by Gasteiger charge is -2.31. The maximum atomic E-state index is 13.1. The number of aromatic amines is 2. The van der Waals surface area contributed by atoms with Gasteiger partial charge in [0.25, 0.3) is 0 Å². The SMILES string of the molecule is CCC(NC(=O)C1CCN(Cc2c[nH]c3ccc(C(F)(F)F)cc23)CC1)c1nc2ccccc2[nH]1. The van der Waals surface area contributed by atoms with Gasteiger partial charge >= 0.3 is 6.18 Å². The van der Waals surface area contributed by atoms with Crippen LogP contribution in [0, 0.1) is 5.92 Å². The highest BCUT2D eigenvalue weighted by molar-refractivity contribution is 5.84. The number of amides is 1. The molecule has 3 N–H and O–H groups in total. The summed E-state index contributed by atoms with van der Waals surface area (Å²) in [5.41, 5.74) is 2.71. The van der Waals surface area contributed by atoms with Crippen LogP contribution in [0.3, 0.4) is 0 Å². The first-order valence-corrected chi connectivity index (χ1v) is 12.0. The predicted molar refractivity (Wildman–Crippen MR) is 129 cm³/mol. The number of likely N-dealkylation sites (tertiary alicyclic amines) is 1. The fraction of sp³-hybridized carbons (Fsp3) is 0.385. The van der Waals surface area contributed by atoms with E-state index in [0.717, 1.165) is 34.9 Å². The molecule has 4 aromatic rings. The summed E-state index contributed by atoms with van der Waals surface area (Å²) in [6.07, 6.45) is -0.446. The van der Waals surface area contributed by atoms with Crippen LogP contribution in [0.15, 0.2) is 48.7 Å². The molecule has 2 aromatic heterocycles. The summed E-state index contributed by atoms with van der Waals surface area (Å²) in [5.74, 6) is 0.695. The van der Waals surface area contributed by atoms with Crippen LogP contribution in [0.1, 0.15) is 49.2 Å². The Hall–Kier alpha value is -3.33. The van der Waals surface area contributed by atoms with Crippen molar-refractivity contribution in [1.82, 2.24) is 25.2 Å². The lowest BCUT2D eigenvalue weighted by atomic mass is 9.95. The lowest BCUT2D eigenvalue weighted by molar-refractivity contribution is -0.137. The number of halogens is 3. The van der Waals surface area contributed by atoms with Crippen molar-refractivity contribution in [2.45, 2.75) is 44.9 Å².